The number of halogens is 1. The van der Waals surface area contributed by atoms with Gasteiger partial charge in [-0.3, -0.25) is 9.59 Å². The lowest BCUT2D eigenvalue weighted by Gasteiger charge is -2.18. The van der Waals surface area contributed by atoms with Gasteiger partial charge >= 0.3 is 0 Å². The van der Waals surface area contributed by atoms with Gasteiger partial charge in [0.2, 0.25) is 11.8 Å². The first-order chi connectivity index (χ1) is 12.4. The number of hydrogen-bond acceptors (Lipinski definition) is 3. The number of benzene rings is 2. The Hall–Kier alpha value is -2.89. The van der Waals surface area contributed by atoms with Crippen molar-refractivity contribution in [2.45, 2.75) is 32.9 Å². The smallest absolute Gasteiger partial charge is 0.222 e. The SMILES string of the molecule is COc1ccc(C(CC(=O)NCc2ccc(F)c(C)c2)NC(C)=O)cc1. The number of rotatable bonds is 7. The number of aryl methyl sites for hydroxylation is 1. The van der Waals surface area contributed by atoms with E-state index in [1.54, 1.807) is 38.3 Å². The second-order valence-electron chi connectivity index (χ2n) is 6.09. The van der Waals surface area contributed by atoms with Crippen LogP contribution in [-0.2, 0) is 16.1 Å². The molecule has 1 atom stereocenters. The summed E-state index contributed by atoms with van der Waals surface area (Å²) in [5.41, 5.74) is 2.16. The van der Waals surface area contributed by atoms with Crippen molar-refractivity contribution in [3.8, 4) is 5.75 Å². The summed E-state index contributed by atoms with van der Waals surface area (Å²) in [6.45, 7) is 3.39. The number of methoxy groups -OCH3 is 1. The lowest BCUT2D eigenvalue weighted by atomic mass is 10.0. The van der Waals surface area contributed by atoms with E-state index in [9.17, 15) is 14.0 Å². The van der Waals surface area contributed by atoms with Crippen molar-refractivity contribution in [3.05, 3.63) is 65.0 Å². The van der Waals surface area contributed by atoms with Gasteiger partial charge in [-0.25, -0.2) is 4.39 Å². The van der Waals surface area contributed by atoms with Crippen molar-refractivity contribution < 1.29 is 18.7 Å². The van der Waals surface area contributed by atoms with E-state index in [4.69, 9.17) is 4.74 Å². The topological polar surface area (TPSA) is 67.4 Å². The second kappa shape index (κ2) is 8.99. The summed E-state index contributed by atoms with van der Waals surface area (Å²) >= 11 is 0. The van der Waals surface area contributed by atoms with Crippen molar-refractivity contribution in [3.63, 3.8) is 0 Å². The minimum Gasteiger partial charge on any atom is -0.497 e. The normalized spacial score (nSPS) is 11.5. The molecule has 1 unspecified atom stereocenters. The molecule has 0 aromatic heterocycles. The largest absolute Gasteiger partial charge is 0.497 e. The maximum atomic E-state index is 13.3. The summed E-state index contributed by atoms with van der Waals surface area (Å²) in [6.07, 6.45) is 0.103. The third-order valence-electron chi connectivity index (χ3n) is 4.00. The summed E-state index contributed by atoms with van der Waals surface area (Å²) < 4.78 is 18.4. The van der Waals surface area contributed by atoms with Crippen LogP contribution in [0.4, 0.5) is 4.39 Å². The Bertz CT molecular complexity index is 775. The Labute approximate surface area is 152 Å². The molecular formula is C20H23FN2O3. The number of hydrogen-bond donors (Lipinski definition) is 2. The highest BCUT2D eigenvalue weighted by Gasteiger charge is 2.17. The van der Waals surface area contributed by atoms with Gasteiger partial charge in [0.15, 0.2) is 0 Å². The molecule has 0 aliphatic carbocycles. The number of carbonyl (C=O) groups excluding carboxylic acids is 2. The minimum absolute atomic E-state index is 0.103. The maximum absolute atomic E-state index is 13.3. The van der Waals surface area contributed by atoms with Crippen LogP contribution in [0.15, 0.2) is 42.5 Å². The molecule has 2 aromatic carbocycles. The van der Waals surface area contributed by atoms with Crippen molar-refractivity contribution in [1.29, 1.82) is 0 Å². The van der Waals surface area contributed by atoms with E-state index in [1.807, 2.05) is 12.1 Å². The molecule has 0 radical (unpaired) electrons. The first-order valence-electron chi connectivity index (χ1n) is 8.32. The Morgan fingerprint density at radius 1 is 1.15 bits per heavy atom. The zero-order chi connectivity index (χ0) is 19.1. The molecule has 138 valence electrons. The molecule has 6 heteroatoms. The summed E-state index contributed by atoms with van der Waals surface area (Å²) in [4.78, 5) is 23.8. The van der Waals surface area contributed by atoms with Crippen LogP contribution in [-0.4, -0.2) is 18.9 Å². The van der Waals surface area contributed by atoms with Crippen LogP contribution in [0.5, 0.6) is 5.75 Å². The first-order valence-corrected chi connectivity index (χ1v) is 8.32. The van der Waals surface area contributed by atoms with Gasteiger partial charge in [-0.05, 0) is 41.8 Å². The van der Waals surface area contributed by atoms with E-state index < -0.39 is 6.04 Å². The third kappa shape index (κ3) is 5.58. The maximum Gasteiger partial charge on any atom is 0.222 e. The summed E-state index contributed by atoms with van der Waals surface area (Å²) in [5.74, 6) is 0.00563. The molecule has 2 amide bonds. The fourth-order valence-corrected chi connectivity index (χ4v) is 2.61. The molecular weight excluding hydrogens is 335 g/mol. The van der Waals surface area contributed by atoms with E-state index in [0.717, 1.165) is 11.1 Å². The molecule has 0 saturated carbocycles. The Morgan fingerprint density at radius 2 is 1.85 bits per heavy atom. The molecule has 2 aromatic rings. The summed E-state index contributed by atoms with van der Waals surface area (Å²) in [5, 5.41) is 5.59. The van der Waals surface area contributed by atoms with E-state index in [-0.39, 0.29) is 24.1 Å². The fourth-order valence-electron chi connectivity index (χ4n) is 2.61. The molecule has 0 spiro atoms. The Kier molecular flexibility index (Phi) is 6.72. The van der Waals surface area contributed by atoms with Crippen LogP contribution in [0.3, 0.4) is 0 Å². The van der Waals surface area contributed by atoms with Gasteiger partial charge in [0.1, 0.15) is 11.6 Å². The van der Waals surface area contributed by atoms with Crippen molar-refractivity contribution >= 4 is 11.8 Å². The highest BCUT2D eigenvalue weighted by molar-refractivity contribution is 5.79. The highest BCUT2D eigenvalue weighted by atomic mass is 19.1. The Balaban J connectivity index is 2.00. The number of ether oxygens (including phenoxy) is 1. The van der Waals surface area contributed by atoms with Gasteiger partial charge in [-0.2, -0.15) is 0 Å². The van der Waals surface area contributed by atoms with E-state index >= 15 is 0 Å². The van der Waals surface area contributed by atoms with Crippen molar-refractivity contribution in [2.75, 3.05) is 7.11 Å². The van der Waals surface area contributed by atoms with E-state index in [1.165, 1.54) is 13.0 Å². The molecule has 0 bridgehead atoms. The molecule has 0 aliphatic heterocycles. The first kappa shape index (κ1) is 19.4. The predicted molar refractivity (Wildman–Crippen MR) is 97.2 cm³/mol. The molecule has 0 saturated heterocycles. The van der Waals surface area contributed by atoms with E-state index in [0.29, 0.717) is 17.9 Å². The van der Waals surface area contributed by atoms with Gasteiger partial charge in [0, 0.05) is 13.5 Å². The van der Waals surface area contributed by atoms with Crippen LogP contribution in [0.1, 0.15) is 36.1 Å². The lowest BCUT2D eigenvalue weighted by molar-refractivity contribution is -0.122. The molecule has 0 heterocycles. The average Bonchev–Trinajstić information content (AvgIpc) is 2.62. The molecule has 2 N–H and O–H groups in total. The van der Waals surface area contributed by atoms with Gasteiger partial charge in [0.05, 0.1) is 19.6 Å². The van der Waals surface area contributed by atoms with Crippen molar-refractivity contribution in [1.82, 2.24) is 10.6 Å². The van der Waals surface area contributed by atoms with Crippen molar-refractivity contribution in [2.24, 2.45) is 0 Å². The molecule has 0 aliphatic rings. The quantitative estimate of drug-likeness (QED) is 0.799. The molecule has 26 heavy (non-hydrogen) atoms. The minimum atomic E-state index is -0.437. The Morgan fingerprint density at radius 3 is 2.42 bits per heavy atom. The van der Waals surface area contributed by atoms with Crippen LogP contribution < -0.4 is 15.4 Å². The van der Waals surface area contributed by atoms with Gasteiger partial charge in [-0.1, -0.05) is 24.3 Å². The highest BCUT2D eigenvalue weighted by Crippen LogP contribution is 2.20. The zero-order valence-corrected chi connectivity index (χ0v) is 15.1. The fraction of sp³-hybridized carbons (Fsp3) is 0.300. The lowest BCUT2D eigenvalue weighted by Crippen LogP contribution is -2.32. The average molecular weight is 358 g/mol. The molecule has 2 rings (SSSR count). The monoisotopic (exact) mass is 358 g/mol. The summed E-state index contributed by atoms with van der Waals surface area (Å²) in [6, 6.07) is 11.5. The number of amides is 2. The van der Waals surface area contributed by atoms with Gasteiger partial charge in [-0.15, -0.1) is 0 Å². The zero-order valence-electron chi connectivity index (χ0n) is 15.1. The summed E-state index contributed by atoms with van der Waals surface area (Å²) in [7, 11) is 1.57. The van der Waals surface area contributed by atoms with E-state index in [2.05, 4.69) is 10.6 Å². The van der Waals surface area contributed by atoms with Crippen LogP contribution in [0, 0.1) is 12.7 Å². The van der Waals surface area contributed by atoms with Crippen LogP contribution >= 0.6 is 0 Å². The number of carbonyl (C=O) groups is 2. The van der Waals surface area contributed by atoms with Gasteiger partial charge in [0.25, 0.3) is 0 Å². The predicted octanol–water partition coefficient (Wildman–Crippen LogP) is 3.03. The number of nitrogens with one attached hydrogen (secondary N) is 2. The van der Waals surface area contributed by atoms with Crippen LogP contribution in [0.25, 0.3) is 0 Å². The third-order valence-corrected chi connectivity index (χ3v) is 4.00. The van der Waals surface area contributed by atoms with Crippen LogP contribution in [0.2, 0.25) is 0 Å². The molecule has 0 fully saturated rings. The molecule has 5 nitrogen and oxygen atoms in total. The standard InChI is InChI=1S/C20H23FN2O3/c1-13-10-15(4-9-18(13)21)12-22-20(25)11-19(23-14(2)24)16-5-7-17(26-3)8-6-16/h4-10,19H,11-12H2,1-3H3,(H,22,25)(H,23,24). The van der Waals surface area contributed by atoms with Gasteiger partial charge < -0.3 is 15.4 Å². The second-order valence-corrected chi connectivity index (χ2v) is 6.09.